The second-order valence-electron chi connectivity index (χ2n) is 5.58. The van der Waals surface area contributed by atoms with E-state index in [9.17, 15) is 14.9 Å². The van der Waals surface area contributed by atoms with E-state index in [-0.39, 0.29) is 5.57 Å². The van der Waals surface area contributed by atoms with E-state index in [1.165, 1.54) is 6.08 Å². The van der Waals surface area contributed by atoms with Gasteiger partial charge in [-0.05, 0) is 81.3 Å². The summed E-state index contributed by atoms with van der Waals surface area (Å²) in [5.74, 6) is -0.656. The van der Waals surface area contributed by atoms with E-state index in [4.69, 9.17) is 14.6 Å². The van der Waals surface area contributed by atoms with Gasteiger partial charge in [-0.2, -0.15) is 5.26 Å². The third-order valence-electron chi connectivity index (χ3n) is 3.44. The number of ether oxygens (including phenoxy) is 2. The normalized spacial score (nSPS) is 10.8. The Kier molecular flexibility index (Phi) is 8.48. The van der Waals surface area contributed by atoms with Crippen LogP contribution in [0.15, 0.2) is 46.4 Å². The summed E-state index contributed by atoms with van der Waals surface area (Å²) in [7, 11) is 0. The molecule has 0 fully saturated rings. The van der Waals surface area contributed by atoms with Gasteiger partial charge in [0.05, 0.1) is 14.6 Å². The average Bonchev–Trinajstić information content (AvgIpc) is 2.65. The zero-order chi connectivity index (χ0) is 21.4. The maximum Gasteiger partial charge on any atom is 0.341 e. The molecule has 0 heterocycles. The summed E-state index contributed by atoms with van der Waals surface area (Å²) in [5, 5.41) is 20.8. The quantitative estimate of drug-likeness (QED) is 0.275. The Morgan fingerprint density at radius 2 is 2.07 bits per heavy atom. The topological polar surface area (TPSA) is 109 Å². The number of hydrogen-bond acceptors (Lipinski definition) is 5. The van der Waals surface area contributed by atoms with Crippen molar-refractivity contribution in [3.8, 4) is 17.6 Å². The molecule has 2 aromatic rings. The molecule has 0 saturated heterocycles. The standard InChI is InChI=1S/C20H16BrIN2O5/c1-2-28-15-5-3-4-14(9-15)24-20(27)13(10-23)6-12-7-16(21)19(17(22)8-12)29-11-18(25)26/h3-9H,2,11H2,1H3,(H,24,27)(H,25,26)/b13-6-. The molecule has 1 amide bonds. The van der Waals surface area contributed by atoms with Crippen molar-refractivity contribution in [1.29, 1.82) is 5.26 Å². The number of carboxylic acid groups (broad SMARTS) is 1. The number of nitriles is 1. The molecular weight excluding hydrogens is 555 g/mol. The number of carbonyl (C=O) groups is 2. The molecule has 0 bridgehead atoms. The van der Waals surface area contributed by atoms with Crippen molar-refractivity contribution in [3.63, 3.8) is 0 Å². The number of hydrogen-bond donors (Lipinski definition) is 2. The number of nitrogens with one attached hydrogen (secondary N) is 1. The van der Waals surface area contributed by atoms with Crippen LogP contribution >= 0.6 is 38.5 Å². The minimum Gasteiger partial charge on any atom is -0.494 e. The Hall–Kier alpha value is -2.58. The molecule has 0 atom stereocenters. The van der Waals surface area contributed by atoms with Crippen LogP contribution in [0.1, 0.15) is 12.5 Å². The van der Waals surface area contributed by atoms with Gasteiger partial charge in [-0.25, -0.2) is 4.79 Å². The van der Waals surface area contributed by atoms with Crippen molar-refractivity contribution >= 4 is 62.2 Å². The summed E-state index contributed by atoms with van der Waals surface area (Å²) in [5.41, 5.74) is 1.00. The van der Waals surface area contributed by atoms with Gasteiger partial charge in [-0.3, -0.25) is 4.79 Å². The van der Waals surface area contributed by atoms with Crippen LogP contribution in [0.2, 0.25) is 0 Å². The Labute approximate surface area is 189 Å². The number of halogens is 2. The van der Waals surface area contributed by atoms with Crippen LogP contribution < -0.4 is 14.8 Å². The van der Waals surface area contributed by atoms with E-state index in [1.807, 2.05) is 35.6 Å². The van der Waals surface area contributed by atoms with Crippen molar-refractivity contribution in [2.45, 2.75) is 6.92 Å². The van der Waals surface area contributed by atoms with Gasteiger partial charge in [-0.15, -0.1) is 0 Å². The van der Waals surface area contributed by atoms with Crippen LogP contribution in [-0.2, 0) is 9.59 Å². The number of carbonyl (C=O) groups excluding carboxylic acids is 1. The minimum absolute atomic E-state index is 0.0892. The van der Waals surface area contributed by atoms with Gasteiger partial charge < -0.3 is 19.9 Å². The maximum absolute atomic E-state index is 12.5. The molecule has 7 nitrogen and oxygen atoms in total. The van der Waals surface area contributed by atoms with Crippen molar-refractivity contribution in [1.82, 2.24) is 0 Å². The number of benzene rings is 2. The van der Waals surface area contributed by atoms with E-state index in [1.54, 1.807) is 36.4 Å². The Morgan fingerprint density at radius 1 is 1.31 bits per heavy atom. The highest BCUT2D eigenvalue weighted by atomic mass is 127. The van der Waals surface area contributed by atoms with Gasteiger partial charge in [-0.1, -0.05) is 6.07 Å². The van der Waals surface area contributed by atoms with Crippen molar-refractivity contribution in [3.05, 3.63) is 55.6 Å². The molecule has 0 spiro atoms. The van der Waals surface area contributed by atoms with Gasteiger partial charge in [0.15, 0.2) is 6.61 Å². The molecule has 0 aliphatic heterocycles. The average molecular weight is 571 g/mol. The first-order valence-electron chi connectivity index (χ1n) is 8.33. The minimum atomic E-state index is -1.09. The Morgan fingerprint density at radius 3 is 2.69 bits per heavy atom. The van der Waals surface area contributed by atoms with E-state index < -0.39 is 18.5 Å². The molecule has 150 valence electrons. The van der Waals surface area contributed by atoms with Crippen LogP contribution in [0.5, 0.6) is 11.5 Å². The highest BCUT2D eigenvalue weighted by Gasteiger charge is 2.13. The lowest BCUT2D eigenvalue weighted by molar-refractivity contribution is -0.139. The second kappa shape index (κ2) is 10.8. The number of carboxylic acids is 1. The van der Waals surface area contributed by atoms with Gasteiger partial charge in [0, 0.05) is 11.8 Å². The molecule has 29 heavy (non-hydrogen) atoms. The molecule has 0 aliphatic carbocycles. The van der Waals surface area contributed by atoms with Crippen LogP contribution in [0.25, 0.3) is 6.08 Å². The Balaban J connectivity index is 2.22. The predicted molar refractivity (Wildman–Crippen MR) is 120 cm³/mol. The van der Waals surface area contributed by atoms with E-state index in [0.29, 0.717) is 37.4 Å². The summed E-state index contributed by atoms with van der Waals surface area (Å²) < 4.78 is 11.8. The van der Waals surface area contributed by atoms with Gasteiger partial charge in [0.1, 0.15) is 23.1 Å². The zero-order valence-electron chi connectivity index (χ0n) is 15.2. The van der Waals surface area contributed by atoms with Crippen molar-refractivity contribution in [2.24, 2.45) is 0 Å². The van der Waals surface area contributed by atoms with E-state index >= 15 is 0 Å². The van der Waals surface area contributed by atoms with E-state index in [2.05, 4.69) is 21.2 Å². The van der Waals surface area contributed by atoms with Gasteiger partial charge in [0.25, 0.3) is 5.91 Å². The fourth-order valence-corrected chi connectivity index (χ4v) is 4.05. The third-order valence-corrected chi connectivity index (χ3v) is 4.83. The highest BCUT2D eigenvalue weighted by Crippen LogP contribution is 2.32. The molecule has 2 rings (SSSR count). The first kappa shape index (κ1) is 22.7. The number of aliphatic carboxylic acids is 1. The Bertz CT molecular complexity index is 978. The number of anilines is 1. The number of nitrogens with zero attached hydrogens (tertiary/aromatic N) is 1. The molecule has 0 aliphatic rings. The van der Waals surface area contributed by atoms with E-state index in [0.717, 1.165) is 0 Å². The lowest BCUT2D eigenvalue weighted by Crippen LogP contribution is -2.13. The SMILES string of the molecule is CCOc1cccc(NC(=O)/C(C#N)=C\c2cc(Br)c(OCC(=O)O)c(I)c2)c1. The maximum atomic E-state index is 12.5. The lowest BCUT2D eigenvalue weighted by atomic mass is 10.1. The van der Waals surface area contributed by atoms with Gasteiger partial charge in [0.2, 0.25) is 0 Å². The molecule has 2 N–H and O–H groups in total. The van der Waals surface area contributed by atoms with Crippen LogP contribution in [0, 0.1) is 14.9 Å². The summed E-state index contributed by atoms with van der Waals surface area (Å²) in [6.07, 6.45) is 1.44. The fraction of sp³-hybridized carbons (Fsp3) is 0.150. The first-order chi connectivity index (χ1) is 13.8. The third kappa shape index (κ3) is 6.76. The first-order valence-corrected chi connectivity index (χ1v) is 10.2. The molecule has 0 radical (unpaired) electrons. The summed E-state index contributed by atoms with van der Waals surface area (Å²) in [6.45, 7) is 1.89. The monoisotopic (exact) mass is 570 g/mol. The van der Waals surface area contributed by atoms with Crippen molar-refractivity contribution in [2.75, 3.05) is 18.5 Å². The van der Waals surface area contributed by atoms with Crippen LogP contribution in [-0.4, -0.2) is 30.2 Å². The molecule has 2 aromatic carbocycles. The second-order valence-corrected chi connectivity index (χ2v) is 7.60. The van der Waals surface area contributed by atoms with Crippen LogP contribution in [0.3, 0.4) is 0 Å². The number of rotatable bonds is 8. The molecule has 0 aromatic heterocycles. The molecule has 9 heteroatoms. The predicted octanol–water partition coefficient (Wildman–Crippen LogP) is 4.46. The molecule has 0 saturated carbocycles. The number of amides is 1. The summed E-state index contributed by atoms with van der Waals surface area (Å²) in [6, 6.07) is 12.1. The van der Waals surface area contributed by atoms with Crippen molar-refractivity contribution < 1.29 is 24.2 Å². The molecular formula is C20H16BrIN2O5. The van der Waals surface area contributed by atoms with Gasteiger partial charge >= 0.3 is 5.97 Å². The molecule has 0 unspecified atom stereocenters. The lowest BCUT2D eigenvalue weighted by Gasteiger charge is -2.10. The largest absolute Gasteiger partial charge is 0.494 e. The summed E-state index contributed by atoms with van der Waals surface area (Å²) >= 11 is 5.31. The summed E-state index contributed by atoms with van der Waals surface area (Å²) in [4.78, 5) is 23.2. The highest BCUT2D eigenvalue weighted by molar-refractivity contribution is 14.1. The smallest absolute Gasteiger partial charge is 0.341 e. The fourth-order valence-electron chi connectivity index (χ4n) is 2.28. The zero-order valence-corrected chi connectivity index (χ0v) is 19.0. The van der Waals surface area contributed by atoms with Crippen LogP contribution in [0.4, 0.5) is 5.69 Å².